The summed E-state index contributed by atoms with van der Waals surface area (Å²) in [6.45, 7) is 5.20. The lowest BCUT2D eigenvalue weighted by molar-refractivity contribution is 0.152. The minimum absolute atomic E-state index is 0.332. The van der Waals surface area contributed by atoms with E-state index in [4.69, 9.17) is 4.74 Å². The number of hydrogen-bond acceptors (Lipinski definition) is 3. The molecule has 0 unspecified atom stereocenters. The molecule has 1 aromatic carbocycles. The van der Waals surface area contributed by atoms with E-state index in [1.165, 1.54) is 17.7 Å². The first-order valence-electron chi connectivity index (χ1n) is 7.54. The van der Waals surface area contributed by atoms with Crippen LogP contribution in [0.4, 0.5) is 0 Å². The van der Waals surface area contributed by atoms with Crippen molar-refractivity contribution in [3.63, 3.8) is 0 Å². The zero-order chi connectivity index (χ0) is 15.0. The predicted molar refractivity (Wildman–Crippen MR) is 90.1 cm³/mol. The molecule has 2 rings (SSSR count). The molecule has 5 heteroatoms. The van der Waals surface area contributed by atoms with E-state index >= 15 is 0 Å². The maximum absolute atomic E-state index is 5.32. The third-order valence-electron chi connectivity index (χ3n) is 3.43. The Hall–Kier alpha value is -1.20. The van der Waals surface area contributed by atoms with Crippen molar-refractivity contribution in [1.82, 2.24) is 10.6 Å². The van der Waals surface area contributed by atoms with Gasteiger partial charge in [0, 0.05) is 36.4 Å². The number of guanidine groups is 1. The first kappa shape index (κ1) is 16.2. The van der Waals surface area contributed by atoms with Crippen LogP contribution in [0.1, 0.15) is 19.8 Å². The molecule has 4 nitrogen and oxygen atoms in total. The van der Waals surface area contributed by atoms with Crippen molar-refractivity contribution in [1.29, 1.82) is 0 Å². The molecule has 116 valence electrons. The Bertz CT molecular complexity index is 446. The maximum atomic E-state index is 5.32. The van der Waals surface area contributed by atoms with E-state index < -0.39 is 0 Å². The monoisotopic (exact) mass is 307 g/mol. The number of ether oxygens (including phenoxy) is 1. The third-order valence-corrected chi connectivity index (χ3v) is 4.92. The highest BCUT2D eigenvalue weighted by Gasteiger charge is 2.43. The molecule has 21 heavy (non-hydrogen) atoms. The second kappa shape index (κ2) is 8.29. The van der Waals surface area contributed by atoms with Gasteiger partial charge in [-0.1, -0.05) is 18.2 Å². The van der Waals surface area contributed by atoms with Crippen molar-refractivity contribution in [2.75, 3.05) is 33.4 Å². The Kier molecular flexibility index (Phi) is 6.39. The lowest BCUT2D eigenvalue weighted by Crippen LogP contribution is -2.42. The summed E-state index contributed by atoms with van der Waals surface area (Å²) in [5.74, 6) is 0.856. The summed E-state index contributed by atoms with van der Waals surface area (Å²) < 4.78 is 5.65. The van der Waals surface area contributed by atoms with Gasteiger partial charge in [-0.15, -0.1) is 11.8 Å². The quantitative estimate of drug-likeness (QED) is 0.440. The Balaban J connectivity index is 1.73. The van der Waals surface area contributed by atoms with Crippen LogP contribution >= 0.6 is 11.8 Å². The standard InChI is InChI=1S/C16H25N3OS/c1-3-20-12-11-18-15(17-2)19-13-16(9-10-16)21-14-7-5-4-6-8-14/h4-8H,3,9-13H2,1-2H3,(H2,17,18,19). The first-order valence-corrected chi connectivity index (χ1v) is 8.36. The van der Waals surface area contributed by atoms with Gasteiger partial charge in [0.1, 0.15) is 0 Å². The maximum Gasteiger partial charge on any atom is 0.191 e. The van der Waals surface area contributed by atoms with Crippen LogP contribution in [0.25, 0.3) is 0 Å². The van der Waals surface area contributed by atoms with Crippen molar-refractivity contribution in [2.24, 2.45) is 4.99 Å². The molecular formula is C16H25N3OS. The van der Waals surface area contributed by atoms with E-state index in [0.717, 1.165) is 25.7 Å². The molecule has 2 N–H and O–H groups in total. The van der Waals surface area contributed by atoms with Gasteiger partial charge >= 0.3 is 0 Å². The molecule has 0 saturated heterocycles. The van der Waals surface area contributed by atoms with Gasteiger partial charge in [-0.05, 0) is 31.9 Å². The number of aliphatic imine (C=N–C) groups is 1. The molecule has 1 aliphatic carbocycles. The molecule has 0 aliphatic heterocycles. The summed E-state index contributed by atoms with van der Waals surface area (Å²) in [6.07, 6.45) is 2.52. The van der Waals surface area contributed by atoms with Gasteiger partial charge < -0.3 is 15.4 Å². The molecule has 1 fully saturated rings. The SMILES string of the molecule is CCOCCNC(=NC)NCC1(Sc2ccccc2)CC1. The molecule has 0 radical (unpaired) electrons. The van der Waals surface area contributed by atoms with Gasteiger partial charge in [-0.25, -0.2) is 0 Å². The lowest BCUT2D eigenvalue weighted by atomic mass is 10.4. The number of benzene rings is 1. The second-order valence-electron chi connectivity index (χ2n) is 5.15. The molecule has 1 saturated carbocycles. The van der Waals surface area contributed by atoms with Crippen LogP contribution in [0, 0.1) is 0 Å². The van der Waals surface area contributed by atoms with Crippen molar-refractivity contribution in [3.8, 4) is 0 Å². The molecule has 0 spiro atoms. The van der Waals surface area contributed by atoms with Crippen molar-refractivity contribution < 1.29 is 4.74 Å². The summed E-state index contributed by atoms with van der Waals surface area (Å²) in [5, 5.41) is 6.70. The van der Waals surface area contributed by atoms with Gasteiger partial charge in [0.25, 0.3) is 0 Å². The first-order chi connectivity index (χ1) is 10.3. The highest BCUT2D eigenvalue weighted by Crippen LogP contribution is 2.51. The van der Waals surface area contributed by atoms with Crippen molar-refractivity contribution >= 4 is 17.7 Å². The Morgan fingerprint density at radius 3 is 2.67 bits per heavy atom. The summed E-state index contributed by atoms with van der Waals surface area (Å²) in [4.78, 5) is 5.60. The highest BCUT2D eigenvalue weighted by molar-refractivity contribution is 8.01. The topological polar surface area (TPSA) is 45.6 Å². The predicted octanol–water partition coefficient (Wildman–Crippen LogP) is 2.51. The number of nitrogens with one attached hydrogen (secondary N) is 2. The third kappa shape index (κ3) is 5.59. The minimum atomic E-state index is 0.332. The molecule has 0 atom stereocenters. The average molecular weight is 307 g/mol. The molecule has 0 aromatic heterocycles. The van der Waals surface area contributed by atoms with E-state index in [1.807, 2.05) is 18.7 Å². The molecule has 0 amide bonds. The fourth-order valence-electron chi connectivity index (χ4n) is 2.04. The van der Waals surface area contributed by atoms with Gasteiger partial charge in [0.2, 0.25) is 0 Å². The number of hydrogen-bond donors (Lipinski definition) is 2. The van der Waals surface area contributed by atoms with E-state index in [9.17, 15) is 0 Å². The number of thioether (sulfide) groups is 1. The van der Waals surface area contributed by atoms with E-state index in [-0.39, 0.29) is 0 Å². The van der Waals surface area contributed by atoms with E-state index in [0.29, 0.717) is 11.4 Å². The highest BCUT2D eigenvalue weighted by atomic mass is 32.2. The number of rotatable bonds is 8. The van der Waals surface area contributed by atoms with Crippen LogP contribution in [0.15, 0.2) is 40.2 Å². The van der Waals surface area contributed by atoms with Crippen LogP contribution in [0.3, 0.4) is 0 Å². The average Bonchev–Trinajstić information content (AvgIpc) is 3.27. The Morgan fingerprint density at radius 2 is 2.05 bits per heavy atom. The van der Waals surface area contributed by atoms with Crippen LogP contribution in [0.2, 0.25) is 0 Å². The molecule has 0 bridgehead atoms. The van der Waals surface area contributed by atoms with Crippen LogP contribution in [-0.4, -0.2) is 44.1 Å². The summed E-state index contributed by atoms with van der Waals surface area (Å²) in [6, 6.07) is 10.6. The van der Waals surface area contributed by atoms with Crippen LogP contribution in [0.5, 0.6) is 0 Å². The zero-order valence-corrected chi connectivity index (χ0v) is 13.7. The molecule has 0 heterocycles. The van der Waals surface area contributed by atoms with Gasteiger partial charge in [-0.2, -0.15) is 0 Å². The fourth-order valence-corrected chi connectivity index (χ4v) is 3.29. The van der Waals surface area contributed by atoms with Gasteiger partial charge in [0.15, 0.2) is 5.96 Å². The Morgan fingerprint density at radius 1 is 1.29 bits per heavy atom. The Labute approximate surface area is 131 Å². The summed E-state index contributed by atoms with van der Waals surface area (Å²) in [5.41, 5.74) is 0. The molecule has 1 aliphatic rings. The molecular weight excluding hydrogens is 282 g/mol. The van der Waals surface area contributed by atoms with E-state index in [1.54, 1.807) is 7.05 Å². The van der Waals surface area contributed by atoms with Crippen LogP contribution < -0.4 is 10.6 Å². The minimum Gasteiger partial charge on any atom is -0.380 e. The normalized spacial score (nSPS) is 16.6. The van der Waals surface area contributed by atoms with Crippen molar-refractivity contribution in [3.05, 3.63) is 30.3 Å². The summed E-state index contributed by atoms with van der Waals surface area (Å²) >= 11 is 1.97. The largest absolute Gasteiger partial charge is 0.380 e. The van der Waals surface area contributed by atoms with Gasteiger partial charge in [0.05, 0.1) is 6.61 Å². The van der Waals surface area contributed by atoms with Gasteiger partial charge in [-0.3, -0.25) is 4.99 Å². The fraction of sp³-hybridized carbons (Fsp3) is 0.562. The zero-order valence-electron chi connectivity index (χ0n) is 12.9. The molecule has 1 aromatic rings. The smallest absolute Gasteiger partial charge is 0.191 e. The lowest BCUT2D eigenvalue weighted by Gasteiger charge is -2.18. The second-order valence-corrected chi connectivity index (χ2v) is 6.69. The van der Waals surface area contributed by atoms with Crippen LogP contribution in [-0.2, 0) is 4.74 Å². The summed E-state index contributed by atoms with van der Waals surface area (Å²) in [7, 11) is 1.81. The van der Waals surface area contributed by atoms with E-state index in [2.05, 4.69) is 46.0 Å². The van der Waals surface area contributed by atoms with Crippen molar-refractivity contribution in [2.45, 2.75) is 29.4 Å². The number of nitrogens with zero attached hydrogens (tertiary/aromatic N) is 1.